The van der Waals surface area contributed by atoms with Crippen molar-refractivity contribution in [1.82, 2.24) is 4.98 Å². The van der Waals surface area contributed by atoms with Crippen LogP contribution in [0.2, 0.25) is 0 Å². The summed E-state index contributed by atoms with van der Waals surface area (Å²) < 4.78 is 6.68. The number of carbonyl (C=O) groups excluding carboxylic acids is 1. The molecule has 0 unspecified atom stereocenters. The van der Waals surface area contributed by atoms with Gasteiger partial charge in [0.05, 0.1) is 30.7 Å². The molecule has 1 saturated heterocycles. The van der Waals surface area contributed by atoms with E-state index in [0.717, 1.165) is 26.5 Å². The standard InChI is InChI=1S/C20H24N3O2S/c1-23(12-5-2-6-13-23)14-15-25-20(24)22-16-8-3-4-9-17(16)26-18-10-7-11-21-19(18)22/h3-4,7-11H,2,5-6,12-15H2,1H3/q+1. The number of pyridine rings is 1. The topological polar surface area (TPSA) is 42.4 Å². The molecule has 1 amide bonds. The molecule has 0 N–H and O–H groups in total. The summed E-state index contributed by atoms with van der Waals surface area (Å²) >= 11 is 1.63. The van der Waals surface area contributed by atoms with Crippen molar-refractivity contribution in [2.75, 3.05) is 38.2 Å². The van der Waals surface area contributed by atoms with Crippen molar-refractivity contribution in [2.45, 2.75) is 29.1 Å². The van der Waals surface area contributed by atoms with E-state index in [9.17, 15) is 4.79 Å². The Balaban J connectivity index is 1.50. The number of hydrogen-bond acceptors (Lipinski definition) is 4. The largest absolute Gasteiger partial charge is 0.443 e. The van der Waals surface area contributed by atoms with Gasteiger partial charge in [-0.05, 0) is 43.5 Å². The summed E-state index contributed by atoms with van der Waals surface area (Å²) in [6, 6.07) is 11.8. The number of ether oxygens (including phenoxy) is 1. The molecule has 136 valence electrons. The van der Waals surface area contributed by atoms with Crippen molar-refractivity contribution in [1.29, 1.82) is 0 Å². The minimum atomic E-state index is -0.346. The number of amides is 1. The first-order chi connectivity index (χ1) is 12.7. The predicted octanol–water partition coefficient (Wildman–Crippen LogP) is 4.45. The van der Waals surface area contributed by atoms with Crippen LogP contribution in [-0.2, 0) is 4.74 Å². The van der Waals surface area contributed by atoms with Gasteiger partial charge in [-0.2, -0.15) is 0 Å². The molecular weight excluding hydrogens is 346 g/mol. The maximum absolute atomic E-state index is 12.9. The first-order valence-electron chi connectivity index (χ1n) is 9.19. The molecule has 2 aliphatic rings. The predicted molar refractivity (Wildman–Crippen MR) is 103 cm³/mol. The van der Waals surface area contributed by atoms with Crippen LogP contribution in [0, 0.1) is 0 Å². The Kier molecular flexibility index (Phi) is 4.87. The average Bonchev–Trinajstić information content (AvgIpc) is 2.66. The average molecular weight is 370 g/mol. The Bertz CT molecular complexity index is 760. The molecule has 0 spiro atoms. The quantitative estimate of drug-likeness (QED) is 0.749. The van der Waals surface area contributed by atoms with Crippen molar-refractivity contribution in [3.8, 4) is 0 Å². The molecule has 5 nitrogen and oxygen atoms in total. The van der Waals surface area contributed by atoms with E-state index in [-0.39, 0.29) is 6.09 Å². The van der Waals surface area contributed by atoms with Gasteiger partial charge in [0, 0.05) is 11.1 Å². The zero-order valence-corrected chi connectivity index (χ0v) is 15.9. The second kappa shape index (κ2) is 7.29. The number of nitrogens with zero attached hydrogens (tertiary/aromatic N) is 3. The first-order valence-corrected chi connectivity index (χ1v) is 10.0. The second-order valence-electron chi connectivity index (χ2n) is 7.20. The molecule has 2 aromatic rings. The number of carbonyl (C=O) groups is 1. The van der Waals surface area contributed by atoms with Crippen LogP contribution in [0.3, 0.4) is 0 Å². The number of piperidine rings is 1. The monoisotopic (exact) mass is 370 g/mol. The van der Waals surface area contributed by atoms with Gasteiger partial charge in [0.25, 0.3) is 0 Å². The molecule has 0 saturated carbocycles. The lowest BCUT2D eigenvalue weighted by molar-refractivity contribution is -0.914. The minimum absolute atomic E-state index is 0.346. The van der Waals surface area contributed by atoms with Crippen LogP contribution in [0.4, 0.5) is 16.3 Å². The molecule has 26 heavy (non-hydrogen) atoms. The van der Waals surface area contributed by atoms with Gasteiger partial charge in [-0.3, -0.25) is 0 Å². The van der Waals surface area contributed by atoms with Crippen LogP contribution in [-0.4, -0.2) is 48.8 Å². The lowest BCUT2D eigenvalue weighted by atomic mass is 10.1. The highest BCUT2D eigenvalue weighted by atomic mass is 32.2. The number of anilines is 2. The van der Waals surface area contributed by atoms with Crippen molar-refractivity contribution in [3.05, 3.63) is 42.6 Å². The van der Waals surface area contributed by atoms with Crippen molar-refractivity contribution in [3.63, 3.8) is 0 Å². The number of aromatic nitrogens is 1. The summed E-state index contributed by atoms with van der Waals surface area (Å²) in [7, 11) is 2.26. The Hall–Kier alpha value is -2.05. The Morgan fingerprint density at radius 3 is 2.77 bits per heavy atom. The number of quaternary nitrogens is 1. The minimum Gasteiger partial charge on any atom is -0.443 e. The van der Waals surface area contributed by atoms with E-state index in [2.05, 4.69) is 12.0 Å². The molecule has 4 rings (SSSR count). The molecule has 0 bridgehead atoms. The summed E-state index contributed by atoms with van der Waals surface area (Å²) in [4.78, 5) is 21.0. The molecule has 0 radical (unpaired) electrons. The van der Waals surface area contributed by atoms with Crippen molar-refractivity contribution in [2.24, 2.45) is 0 Å². The Labute approximate surface area is 158 Å². The maximum Gasteiger partial charge on any atom is 0.420 e. The van der Waals surface area contributed by atoms with Crippen LogP contribution in [0.25, 0.3) is 0 Å². The molecule has 2 aliphatic heterocycles. The van der Waals surface area contributed by atoms with Gasteiger partial charge in [-0.15, -0.1) is 0 Å². The number of para-hydroxylation sites is 1. The summed E-state index contributed by atoms with van der Waals surface area (Å²) in [6.45, 7) is 3.64. The van der Waals surface area contributed by atoms with Crippen molar-refractivity contribution >= 4 is 29.4 Å². The molecule has 0 atom stereocenters. The molecule has 1 aromatic heterocycles. The van der Waals surface area contributed by atoms with E-state index >= 15 is 0 Å². The lowest BCUT2D eigenvalue weighted by Crippen LogP contribution is -2.50. The van der Waals surface area contributed by atoms with E-state index in [1.165, 1.54) is 32.4 Å². The number of benzene rings is 1. The first kappa shape index (κ1) is 17.4. The lowest BCUT2D eigenvalue weighted by Gasteiger charge is -2.37. The number of hydrogen-bond donors (Lipinski definition) is 0. The van der Waals surface area contributed by atoms with Gasteiger partial charge in [-0.1, -0.05) is 23.9 Å². The fourth-order valence-corrected chi connectivity index (χ4v) is 4.72. The van der Waals surface area contributed by atoms with Gasteiger partial charge < -0.3 is 9.22 Å². The van der Waals surface area contributed by atoms with Crippen LogP contribution in [0.1, 0.15) is 19.3 Å². The highest BCUT2D eigenvalue weighted by Gasteiger charge is 2.31. The third-order valence-electron chi connectivity index (χ3n) is 5.22. The summed E-state index contributed by atoms with van der Waals surface area (Å²) in [5, 5.41) is 0. The van der Waals surface area contributed by atoms with Gasteiger partial charge in [0.15, 0.2) is 5.82 Å². The normalized spacial score (nSPS) is 18.0. The number of likely N-dealkylation sites (N-methyl/N-ethyl adjacent to an activating group) is 1. The van der Waals surface area contributed by atoms with Crippen molar-refractivity contribution < 1.29 is 14.0 Å². The van der Waals surface area contributed by atoms with Gasteiger partial charge >= 0.3 is 6.09 Å². The van der Waals surface area contributed by atoms with E-state index in [1.54, 1.807) is 22.9 Å². The van der Waals surface area contributed by atoms with Crippen LogP contribution in [0.5, 0.6) is 0 Å². The molecule has 1 aromatic carbocycles. The van der Waals surface area contributed by atoms with Gasteiger partial charge in [-0.25, -0.2) is 14.7 Å². The van der Waals surface area contributed by atoms with Gasteiger partial charge in [0.2, 0.25) is 0 Å². The van der Waals surface area contributed by atoms with Crippen LogP contribution in [0.15, 0.2) is 52.4 Å². The number of rotatable bonds is 3. The summed E-state index contributed by atoms with van der Waals surface area (Å²) in [5.41, 5.74) is 0.840. The SMILES string of the molecule is C[N+]1(CCOC(=O)N2c3ccccc3Sc3cccnc32)CCCCC1. The zero-order valence-electron chi connectivity index (χ0n) is 15.1. The third-order valence-corrected chi connectivity index (χ3v) is 6.33. The van der Waals surface area contributed by atoms with Gasteiger partial charge in [0.1, 0.15) is 13.2 Å². The fraction of sp³-hybridized carbons (Fsp3) is 0.400. The second-order valence-corrected chi connectivity index (χ2v) is 8.28. The van der Waals surface area contributed by atoms with E-state index < -0.39 is 0 Å². The third kappa shape index (κ3) is 3.44. The van der Waals surface area contributed by atoms with E-state index in [4.69, 9.17) is 4.74 Å². The van der Waals surface area contributed by atoms with E-state index in [0.29, 0.717) is 12.4 Å². The molecule has 1 fully saturated rings. The van der Waals surface area contributed by atoms with Crippen LogP contribution < -0.4 is 4.90 Å². The Morgan fingerprint density at radius 2 is 1.92 bits per heavy atom. The fourth-order valence-electron chi connectivity index (χ4n) is 3.69. The molecule has 3 heterocycles. The maximum atomic E-state index is 12.9. The number of likely N-dealkylation sites (tertiary alicyclic amines) is 1. The molecular formula is C20H24N3O2S+. The number of fused-ring (bicyclic) bond motifs is 2. The highest BCUT2D eigenvalue weighted by molar-refractivity contribution is 7.99. The van der Waals surface area contributed by atoms with Crippen LogP contribution >= 0.6 is 11.8 Å². The summed E-state index contributed by atoms with van der Waals surface area (Å²) in [6.07, 6.45) is 5.21. The van der Waals surface area contributed by atoms with E-state index in [1.807, 2.05) is 36.4 Å². The summed E-state index contributed by atoms with van der Waals surface area (Å²) in [5.74, 6) is 0.652. The zero-order chi connectivity index (χ0) is 18.0. The Morgan fingerprint density at radius 1 is 1.15 bits per heavy atom. The molecule has 0 aliphatic carbocycles. The highest BCUT2D eigenvalue weighted by Crippen LogP contribution is 2.46. The molecule has 6 heteroatoms. The smallest absolute Gasteiger partial charge is 0.420 e.